The van der Waals surface area contributed by atoms with Crippen LogP contribution >= 0.6 is 11.3 Å². The molecule has 2 aromatic rings. The van der Waals surface area contributed by atoms with Gasteiger partial charge in [-0.15, -0.1) is 11.3 Å². The zero-order chi connectivity index (χ0) is 18.4. The molecule has 6 heteroatoms. The molecule has 0 radical (unpaired) electrons. The van der Waals surface area contributed by atoms with Gasteiger partial charge in [0, 0.05) is 24.5 Å². The van der Waals surface area contributed by atoms with Crippen molar-refractivity contribution in [1.29, 1.82) is 0 Å². The fourth-order valence-corrected chi connectivity index (χ4v) is 3.93. The SMILES string of the molecule is Cc1cccc(OCC(=O)NC[C@H](c2cccs2)N2CCOCC2)c1C. The summed E-state index contributed by atoms with van der Waals surface area (Å²) in [5, 5.41) is 5.11. The van der Waals surface area contributed by atoms with Crippen LogP contribution in [0.1, 0.15) is 22.0 Å². The Labute approximate surface area is 158 Å². The van der Waals surface area contributed by atoms with E-state index in [-0.39, 0.29) is 18.6 Å². The Balaban J connectivity index is 1.54. The zero-order valence-corrected chi connectivity index (χ0v) is 16.2. The Morgan fingerprint density at radius 1 is 1.27 bits per heavy atom. The van der Waals surface area contributed by atoms with Gasteiger partial charge in [-0.05, 0) is 42.5 Å². The summed E-state index contributed by atoms with van der Waals surface area (Å²) < 4.78 is 11.2. The highest BCUT2D eigenvalue weighted by atomic mass is 32.1. The molecule has 26 heavy (non-hydrogen) atoms. The Morgan fingerprint density at radius 2 is 2.08 bits per heavy atom. The summed E-state index contributed by atoms with van der Waals surface area (Å²) in [5.41, 5.74) is 2.23. The van der Waals surface area contributed by atoms with Crippen molar-refractivity contribution < 1.29 is 14.3 Å². The van der Waals surface area contributed by atoms with E-state index >= 15 is 0 Å². The number of nitrogens with one attached hydrogen (secondary N) is 1. The van der Waals surface area contributed by atoms with Crippen molar-refractivity contribution in [1.82, 2.24) is 10.2 Å². The van der Waals surface area contributed by atoms with Crippen LogP contribution in [0.25, 0.3) is 0 Å². The molecule has 1 N–H and O–H groups in total. The number of amides is 1. The van der Waals surface area contributed by atoms with Gasteiger partial charge in [-0.1, -0.05) is 18.2 Å². The van der Waals surface area contributed by atoms with Gasteiger partial charge in [0.25, 0.3) is 5.91 Å². The quantitative estimate of drug-likeness (QED) is 0.810. The lowest BCUT2D eigenvalue weighted by Crippen LogP contribution is -2.44. The largest absolute Gasteiger partial charge is 0.483 e. The minimum atomic E-state index is -0.0966. The van der Waals surface area contributed by atoms with Crippen molar-refractivity contribution in [2.24, 2.45) is 0 Å². The maximum atomic E-state index is 12.3. The number of aryl methyl sites for hydroxylation is 1. The molecule has 2 heterocycles. The van der Waals surface area contributed by atoms with Gasteiger partial charge in [0.1, 0.15) is 5.75 Å². The minimum Gasteiger partial charge on any atom is -0.483 e. The first-order chi connectivity index (χ1) is 12.6. The van der Waals surface area contributed by atoms with Gasteiger partial charge in [-0.25, -0.2) is 0 Å². The van der Waals surface area contributed by atoms with E-state index in [1.54, 1.807) is 11.3 Å². The molecule has 1 atom stereocenters. The highest BCUT2D eigenvalue weighted by Crippen LogP contribution is 2.25. The van der Waals surface area contributed by atoms with Gasteiger partial charge >= 0.3 is 0 Å². The number of thiophene rings is 1. The minimum absolute atomic E-state index is 0.0323. The number of nitrogens with zero attached hydrogens (tertiary/aromatic N) is 1. The van der Waals surface area contributed by atoms with Crippen LogP contribution in [0.4, 0.5) is 0 Å². The maximum Gasteiger partial charge on any atom is 0.258 e. The molecule has 1 aliphatic heterocycles. The molecule has 3 rings (SSSR count). The molecule has 1 amide bonds. The second kappa shape index (κ2) is 9.16. The maximum absolute atomic E-state index is 12.3. The first kappa shape index (κ1) is 18.9. The summed E-state index contributed by atoms with van der Waals surface area (Å²) in [6.07, 6.45) is 0. The molecule has 0 saturated carbocycles. The topological polar surface area (TPSA) is 50.8 Å². The fraction of sp³-hybridized carbons (Fsp3) is 0.450. The summed E-state index contributed by atoms with van der Waals surface area (Å²) in [6.45, 7) is 7.91. The summed E-state index contributed by atoms with van der Waals surface area (Å²) in [5.74, 6) is 0.670. The molecule has 5 nitrogen and oxygen atoms in total. The van der Waals surface area contributed by atoms with Gasteiger partial charge in [0.2, 0.25) is 0 Å². The molecule has 0 bridgehead atoms. The van der Waals surface area contributed by atoms with Crippen LogP contribution in [0.3, 0.4) is 0 Å². The van der Waals surface area contributed by atoms with E-state index in [0.717, 1.165) is 43.2 Å². The van der Waals surface area contributed by atoms with Crippen LogP contribution in [0, 0.1) is 13.8 Å². The predicted octanol–water partition coefficient (Wildman–Crippen LogP) is 2.93. The number of carbonyl (C=O) groups is 1. The molecule has 1 saturated heterocycles. The number of hydrogen-bond acceptors (Lipinski definition) is 5. The molecule has 0 aliphatic carbocycles. The predicted molar refractivity (Wildman–Crippen MR) is 104 cm³/mol. The number of ether oxygens (including phenoxy) is 2. The average molecular weight is 375 g/mol. The smallest absolute Gasteiger partial charge is 0.258 e. The average Bonchev–Trinajstić information content (AvgIpc) is 3.18. The van der Waals surface area contributed by atoms with Gasteiger partial charge in [-0.3, -0.25) is 9.69 Å². The Morgan fingerprint density at radius 3 is 2.81 bits per heavy atom. The molecular formula is C20H26N2O3S. The number of rotatable bonds is 7. The first-order valence-corrected chi connectivity index (χ1v) is 9.84. The van der Waals surface area contributed by atoms with E-state index in [1.165, 1.54) is 4.88 Å². The standard InChI is InChI=1S/C20H26N2O3S/c1-15-5-3-6-18(16(15)2)25-14-20(23)21-13-17(19-7-4-12-26-19)22-8-10-24-11-9-22/h3-7,12,17H,8-11,13-14H2,1-2H3,(H,21,23)/t17-/m1/s1. The monoisotopic (exact) mass is 374 g/mol. The second-order valence-electron chi connectivity index (χ2n) is 6.47. The van der Waals surface area contributed by atoms with Crippen LogP contribution in [-0.4, -0.2) is 50.3 Å². The van der Waals surface area contributed by atoms with Crippen LogP contribution in [-0.2, 0) is 9.53 Å². The molecule has 140 valence electrons. The molecule has 1 aliphatic rings. The summed E-state index contributed by atoms with van der Waals surface area (Å²) in [7, 11) is 0. The summed E-state index contributed by atoms with van der Waals surface area (Å²) in [6, 6.07) is 10.3. The van der Waals surface area contributed by atoms with Crippen LogP contribution in [0.2, 0.25) is 0 Å². The zero-order valence-electron chi connectivity index (χ0n) is 15.4. The van der Waals surface area contributed by atoms with Gasteiger partial charge in [0.05, 0.1) is 19.3 Å². The Bertz CT molecular complexity index is 712. The number of morpholine rings is 1. The summed E-state index contributed by atoms with van der Waals surface area (Å²) >= 11 is 1.73. The number of carbonyl (C=O) groups excluding carboxylic acids is 1. The van der Waals surface area contributed by atoms with Crippen molar-refractivity contribution in [3.8, 4) is 5.75 Å². The number of benzene rings is 1. The second-order valence-corrected chi connectivity index (χ2v) is 7.45. The Kier molecular flexibility index (Phi) is 6.66. The van der Waals surface area contributed by atoms with Crippen molar-refractivity contribution in [2.75, 3.05) is 39.5 Å². The molecular weight excluding hydrogens is 348 g/mol. The van der Waals surface area contributed by atoms with Crippen molar-refractivity contribution in [3.63, 3.8) is 0 Å². The van der Waals surface area contributed by atoms with Crippen molar-refractivity contribution in [3.05, 3.63) is 51.7 Å². The fourth-order valence-electron chi connectivity index (χ4n) is 3.07. The van der Waals surface area contributed by atoms with Gasteiger partial charge in [-0.2, -0.15) is 0 Å². The van der Waals surface area contributed by atoms with Crippen LogP contribution in [0.5, 0.6) is 5.75 Å². The van der Waals surface area contributed by atoms with Gasteiger partial charge in [0.15, 0.2) is 6.61 Å². The normalized spacial score (nSPS) is 16.2. The van der Waals surface area contributed by atoms with Crippen molar-refractivity contribution >= 4 is 17.2 Å². The van der Waals surface area contributed by atoms with E-state index in [1.807, 2.05) is 32.0 Å². The lowest BCUT2D eigenvalue weighted by Gasteiger charge is -2.34. The van der Waals surface area contributed by atoms with E-state index in [2.05, 4.69) is 27.7 Å². The lowest BCUT2D eigenvalue weighted by atomic mass is 10.1. The molecule has 0 spiro atoms. The van der Waals surface area contributed by atoms with E-state index in [9.17, 15) is 4.79 Å². The van der Waals surface area contributed by atoms with E-state index in [0.29, 0.717) is 6.54 Å². The molecule has 1 aromatic heterocycles. The molecule has 1 fully saturated rings. The third kappa shape index (κ3) is 4.84. The van der Waals surface area contributed by atoms with E-state index in [4.69, 9.17) is 9.47 Å². The van der Waals surface area contributed by atoms with E-state index < -0.39 is 0 Å². The number of hydrogen-bond donors (Lipinski definition) is 1. The molecule has 0 unspecified atom stereocenters. The first-order valence-electron chi connectivity index (χ1n) is 8.96. The van der Waals surface area contributed by atoms with Crippen LogP contribution < -0.4 is 10.1 Å². The van der Waals surface area contributed by atoms with Crippen LogP contribution in [0.15, 0.2) is 35.7 Å². The third-order valence-corrected chi connectivity index (χ3v) is 5.74. The molecule has 1 aromatic carbocycles. The third-order valence-electron chi connectivity index (χ3n) is 4.76. The van der Waals surface area contributed by atoms with Gasteiger partial charge < -0.3 is 14.8 Å². The highest BCUT2D eigenvalue weighted by molar-refractivity contribution is 7.10. The van der Waals surface area contributed by atoms with Crippen molar-refractivity contribution in [2.45, 2.75) is 19.9 Å². The summed E-state index contributed by atoms with van der Waals surface area (Å²) in [4.78, 5) is 15.9. The Hall–Kier alpha value is -1.89. The lowest BCUT2D eigenvalue weighted by molar-refractivity contribution is -0.123. The highest BCUT2D eigenvalue weighted by Gasteiger charge is 2.24.